The largest absolute Gasteiger partial charge is 0.496 e. The van der Waals surface area contributed by atoms with Crippen LogP contribution in [0.2, 0.25) is 0 Å². The zero-order chi connectivity index (χ0) is 14.4. The van der Waals surface area contributed by atoms with E-state index in [4.69, 9.17) is 10.5 Å². The molecular formula is C13H19N3O3. The Hall–Kier alpha value is -2.24. The molecule has 0 radical (unpaired) electrons. The van der Waals surface area contributed by atoms with Gasteiger partial charge in [-0.25, -0.2) is 0 Å². The van der Waals surface area contributed by atoms with Gasteiger partial charge in [0.05, 0.1) is 12.7 Å². The van der Waals surface area contributed by atoms with Gasteiger partial charge in [-0.2, -0.15) is 0 Å². The van der Waals surface area contributed by atoms with Crippen LogP contribution in [0.4, 0.5) is 5.69 Å². The molecule has 6 nitrogen and oxygen atoms in total. The molecule has 0 aliphatic carbocycles. The second-order valence-electron chi connectivity index (χ2n) is 4.05. The lowest BCUT2D eigenvalue weighted by Gasteiger charge is -2.15. The minimum Gasteiger partial charge on any atom is -0.496 e. The summed E-state index contributed by atoms with van der Waals surface area (Å²) in [5.41, 5.74) is 6.46. The van der Waals surface area contributed by atoms with Gasteiger partial charge in [0.2, 0.25) is 5.91 Å². The van der Waals surface area contributed by atoms with Gasteiger partial charge in [0.15, 0.2) is 0 Å². The third-order valence-corrected chi connectivity index (χ3v) is 2.56. The summed E-state index contributed by atoms with van der Waals surface area (Å²) in [7, 11) is 1.46. The van der Waals surface area contributed by atoms with Crippen molar-refractivity contribution in [2.24, 2.45) is 0 Å². The van der Waals surface area contributed by atoms with Crippen LogP contribution in [0.15, 0.2) is 18.2 Å². The molecule has 0 aliphatic rings. The maximum atomic E-state index is 12.0. The van der Waals surface area contributed by atoms with Gasteiger partial charge in [0.25, 0.3) is 5.91 Å². The number of benzene rings is 1. The molecule has 1 aromatic carbocycles. The summed E-state index contributed by atoms with van der Waals surface area (Å²) in [4.78, 5) is 23.6. The van der Waals surface area contributed by atoms with Crippen molar-refractivity contribution in [2.45, 2.75) is 19.9 Å². The van der Waals surface area contributed by atoms with Crippen LogP contribution in [0.3, 0.4) is 0 Å². The number of carbonyl (C=O) groups excluding carboxylic acids is 2. The van der Waals surface area contributed by atoms with E-state index in [2.05, 4.69) is 10.6 Å². The van der Waals surface area contributed by atoms with Crippen LogP contribution in [0.25, 0.3) is 0 Å². The molecule has 6 heteroatoms. The summed E-state index contributed by atoms with van der Waals surface area (Å²) in [5, 5.41) is 5.24. The number of nitrogens with two attached hydrogens (primary N) is 1. The molecule has 1 aromatic rings. The molecule has 2 amide bonds. The van der Waals surface area contributed by atoms with Gasteiger partial charge in [-0.05, 0) is 26.0 Å². The van der Waals surface area contributed by atoms with E-state index < -0.39 is 6.04 Å². The Morgan fingerprint density at radius 2 is 2.11 bits per heavy atom. The number of likely N-dealkylation sites (N-methyl/N-ethyl adjacent to an activating group) is 1. The van der Waals surface area contributed by atoms with E-state index in [0.717, 1.165) is 0 Å². The second kappa shape index (κ2) is 6.63. The minimum atomic E-state index is -0.616. The highest BCUT2D eigenvalue weighted by molar-refractivity contribution is 5.99. The molecule has 0 aromatic heterocycles. The fourth-order valence-electron chi connectivity index (χ4n) is 1.56. The number of carbonyl (C=O) groups is 2. The van der Waals surface area contributed by atoms with E-state index in [1.165, 1.54) is 7.11 Å². The Morgan fingerprint density at radius 1 is 1.42 bits per heavy atom. The van der Waals surface area contributed by atoms with Crippen molar-refractivity contribution in [2.75, 3.05) is 19.4 Å². The molecule has 0 saturated carbocycles. The molecule has 1 rings (SSSR count). The molecule has 104 valence electrons. The first-order valence-corrected chi connectivity index (χ1v) is 6.01. The maximum Gasteiger partial charge on any atom is 0.255 e. The SMILES string of the molecule is CCNC(=O)C(C)NC(=O)c1ccc(N)cc1OC. The number of ether oxygens (including phenoxy) is 1. The van der Waals surface area contributed by atoms with Crippen molar-refractivity contribution in [1.29, 1.82) is 0 Å². The molecular weight excluding hydrogens is 246 g/mol. The number of amides is 2. The first-order chi connectivity index (χ1) is 8.99. The summed E-state index contributed by atoms with van der Waals surface area (Å²) in [6.07, 6.45) is 0. The van der Waals surface area contributed by atoms with Crippen molar-refractivity contribution >= 4 is 17.5 Å². The molecule has 0 fully saturated rings. The Labute approximate surface area is 112 Å². The average molecular weight is 265 g/mol. The van der Waals surface area contributed by atoms with Crippen LogP contribution >= 0.6 is 0 Å². The number of methoxy groups -OCH3 is 1. The topological polar surface area (TPSA) is 93.5 Å². The van der Waals surface area contributed by atoms with E-state index >= 15 is 0 Å². The van der Waals surface area contributed by atoms with Gasteiger partial charge in [-0.15, -0.1) is 0 Å². The van der Waals surface area contributed by atoms with Crippen molar-refractivity contribution < 1.29 is 14.3 Å². The number of nitrogens with one attached hydrogen (secondary N) is 2. The predicted octanol–water partition coefficient (Wildman–Crippen LogP) is 0.532. The highest BCUT2D eigenvalue weighted by Gasteiger charge is 2.18. The highest BCUT2D eigenvalue weighted by Crippen LogP contribution is 2.21. The van der Waals surface area contributed by atoms with E-state index in [-0.39, 0.29) is 11.8 Å². The molecule has 0 spiro atoms. The van der Waals surface area contributed by atoms with Gasteiger partial charge in [-0.1, -0.05) is 0 Å². The number of rotatable bonds is 5. The zero-order valence-corrected chi connectivity index (χ0v) is 11.3. The van der Waals surface area contributed by atoms with E-state index in [0.29, 0.717) is 23.5 Å². The standard InChI is InChI=1S/C13H19N3O3/c1-4-15-12(17)8(2)16-13(18)10-6-5-9(14)7-11(10)19-3/h5-8H,4,14H2,1-3H3,(H,15,17)(H,16,18). The van der Waals surface area contributed by atoms with Crippen LogP contribution < -0.4 is 21.1 Å². The molecule has 4 N–H and O–H groups in total. The third-order valence-electron chi connectivity index (χ3n) is 2.56. The first kappa shape index (κ1) is 14.8. The van der Waals surface area contributed by atoms with Crippen molar-refractivity contribution in [3.05, 3.63) is 23.8 Å². The van der Waals surface area contributed by atoms with Gasteiger partial charge < -0.3 is 21.1 Å². The van der Waals surface area contributed by atoms with Crippen molar-refractivity contribution in [3.63, 3.8) is 0 Å². The lowest BCUT2D eigenvalue weighted by atomic mass is 10.1. The minimum absolute atomic E-state index is 0.231. The molecule has 1 unspecified atom stereocenters. The maximum absolute atomic E-state index is 12.0. The zero-order valence-electron chi connectivity index (χ0n) is 11.3. The average Bonchev–Trinajstić information content (AvgIpc) is 2.38. The molecule has 1 atom stereocenters. The van der Waals surface area contributed by atoms with Crippen LogP contribution in [-0.2, 0) is 4.79 Å². The van der Waals surface area contributed by atoms with Crippen LogP contribution in [0.5, 0.6) is 5.75 Å². The lowest BCUT2D eigenvalue weighted by molar-refractivity contribution is -0.122. The quantitative estimate of drug-likeness (QED) is 0.677. The summed E-state index contributed by atoms with van der Waals surface area (Å²) in [5.74, 6) is -0.235. The molecule has 0 aliphatic heterocycles. The van der Waals surface area contributed by atoms with Gasteiger partial charge in [-0.3, -0.25) is 9.59 Å². The Balaban J connectivity index is 2.81. The molecule has 19 heavy (non-hydrogen) atoms. The van der Waals surface area contributed by atoms with Crippen LogP contribution in [-0.4, -0.2) is 31.5 Å². The van der Waals surface area contributed by atoms with Gasteiger partial charge >= 0.3 is 0 Å². The van der Waals surface area contributed by atoms with E-state index in [1.54, 1.807) is 25.1 Å². The fraction of sp³-hybridized carbons (Fsp3) is 0.385. The Morgan fingerprint density at radius 3 is 2.68 bits per heavy atom. The van der Waals surface area contributed by atoms with Crippen LogP contribution in [0.1, 0.15) is 24.2 Å². The summed E-state index contributed by atoms with van der Waals surface area (Å²) >= 11 is 0. The van der Waals surface area contributed by atoms with Crippen molar-refractivity contribution in [3.8, 4) is 5.75 Å². The summed E-state index contributed by atoms with van der Waals surface area (Å²) in [6.45, 7) is 3.95. The normalized spacial score (nSPS) is 11.5. The smallest absolute Gasteiger partial charge is 0.255 e. The molecule has 0 heterocycles. The fourth-order valence-corrected chi connectivity index (χ4v) is 1.56. The second-order valence-corrected chi connectivity index (χ2v) is 4.05. The van der Waals surface area contributed by atoms with Gasteiger partial charge in [0.1, 0.15) is 11.8 Å². The predicted molar refractivity (Wildman–Crippen MR) is 73.0 cm³/mol. The van der Waals surface area contributed by atoms with Gasteiger partial charge in [0, 0.05) is 18.3 Å². The number of hydrogen-bond donors (Lipinski definition) is 3. The summed E-state index contributed by atoms with van der Waals surface area (Å²) in [6, 6.07) is 4.11. The third kappa shape index (κ3) is 3.87. The van der Waals surface area contributed by atoms with E-state index in [9.17, 15) is 9.59 Å². The van der Waals surface area contributed by atoms with Crippen molar-refractivity contribution in [1.82, 2.24) is 10.6 Å². The number of hydrogen-bond acceptors (Lipinski definition) is 4. The number of anilines is 1. The molecule has 0 bridgehead atoms. The number of nitrogen functional groups attached to an aromatic ring is 1. The monoisotopic (exact) mass is 265 g/mol. The van der Waals surface area contributed by atoms with Crippen LogP contribution in [0, 0.1) is 0 Å². The lowest BCUT2D eigenvalue weighted by Crippen LogP contribution is -2.44. The Bertz CT molecular complexity index is 474. The van der Waals surface area contributed by atoms with E-state index in [1.807, 2.05) is 6.92 Å². The Kier molecular flexibility index (Phi) is 5.17. The highest BCUT2D eigenvalue weighted by atomic mass is 16.5. The summed E-state index contributed by atoms with van der Waals surface area (Å²) < 4.78 is 5.10. The molecule has 0 saturated heterocycles. The first-order valence-electron chi connectivity index (χ1n) is 6.01.